The van der Waals surface area contributed by atoms with Crippen LogP contribution in [0.25, 0.3) is 0 Å². The molecule has 0 fully saturated rings. The van der Waals surface area contributed by atoms with E-state index in [1.54, 1.807) is 18.2 Å². The highest BCUT2D eigenvalue weighted by atomic mass is 32.2. The Kier molecular flexibility index (Phi) is 4.20. The second-order valence-electron chi connectivity index (χ2n) is 4.69. The van der Waals surface area contributed by atoms with Crippen molar-refractivity contribution in [2.75, 3.05) is 0 Å². The molecule has 2 aromatic carbocycles. The van der Waals surface area contributed by atoms with Crippen LogP contribution in [0, 0.1) is 12.7 Å². The van der Waals surface area contributed by atoms with Gasteiger partial charge < -0.3 is 5.73 Å². The van der Waals surface area contributed by atoms with Crippen molar-refractivity contribution in [1.29, 1.82) is 0 Å². The van der Waals surface area contributed by atoms with Gasteiger partial charge in [0.15, 0.2) is 9.84 Å². The highest BCUT2D eigenvalue weighted by molar-refractivity contribution is 7.90. The molecule has 0 unspecified atom stereocenters. The van der Waals surface area contributed by atoms with Crippen LogP contribution in [0.15, 0.2) is 47.4 Å². The third-order valence-electron chi connectivity index (χ3n) is 3.08. The molecule has 0 spiro atoms. The first-order chi connectivity index (χ1) is 9.42. The molecule has 0 aliphatic carbocycles. The van der Waals surface area contributed by atoms with E-state index in [0.29, 0.717) is 11.1 Å². The SMILES string of the molecule is Cc1cccc(S(=O)(=O)Cc2cc(F)ccc2CN)c1. The minimum atomic E-state index is -3.51. The Hall–Kier alpha value is -1.72. The van der Waals surface area contributed by atoms with Crippen LogP contribution >= 0.6 is 0 Å². The molecule has 3 nitrogen and oxygen atoms in total. The summed E-state index contributed by atoms with van der Waals surface area (Å²) in [5.74, 6) is -0.711. The lowest BCUT2D eigenvalue weighted by Gasteiger charge is -2.09. The summed E-state index contributed by atoms with van der Waals surface area (Å²) in [6, 6.07) is 10.7. The monoisotopic (exact) mass is 293 g/mol. The van der Waals surface area contributed by atoms with E-state index < -0.39 is 15.7 Å². The fourth-order valence-electron chi connectivity index (χ4n) is 2.02. The van der Waals surface area contributed by atoms with Crippen LogP contribution in [0.5, 0.6) is 0 Å². The van der Waals surface area contributed by atoms with E-state index in [-0.39, 0.29) is 17.2 Å². The number of nitrogens with two attached hydrogens (primary N) is 1. The average molecular weight is 293 g/mol. The van der Waals surface area contributed by atoms with Gasteiger partial charge in [-0.1, -0.05) is 18.2 Å². The minimum absolute atomic E-state index is 0.180. The number of sulfone groups is 1. The Labute approximate surface area is 118 Å². The standard InChI is InChI=1S/C15H16FNO2S/c1-11-3-2-4-15(7-11)20(18,19)10-13-8-14(16)6-5-12(13)9-17/h2-8H,9-10,17H2,1H3. The summed E-state index contributed by atoms with van der Waals surface area (Å²) in [7, 11) is -3.51. The number of halogens is 1. The minimum Gasteiger partial charge on any atom is -0.326 e. The lowest BCUT2D eigenvalue weighted by atomic mass is 10.1. The van der Waals surface area contributed by atoms with E-state index in [2.05, 4.69) is 0 Å². The third-order valence-corrected chi connectivity index (χ3v) is 4.75. The van der Waals surface area contributed by atoms with E-state index >= 15 is 0 Å². The zero-order chi connectivity index (χ0) is 14.8. The summed E-state index contributed by atoms with van der Waals surface area (Å²) < 4.78 is 38.0. The molecule has 0 atom stereocenters. The van der Waals surface area contributed by atoms with Gasteiger partial charge in [-0.15, -0.1) is 0 Å². The highest BCUT2D eigenvalue weighted by Gasteiger charge is 2.17. The molecular formula is C15H16FNO2S. The summed E-state index contributed by atoms with van der Waals surface area (Å²) in [6.45, 7) is 2.01. The fraction of sp³-hybridized carbons (Fsp3) is 0.200. The van der Waals surface area contributed by atoms with Gasteiger partial charge in [-0.2, -0.15) is 0 Å². The van der Waals surface area contributed by atoms with Crippen molar-refractivity contribution in [2.24, 2.45) is 5.73 Å². The zero-order valence-electron chi connectivity index (χ0n) is 11.1. The molecule has 5 heteroatoms. The highest BCUT2D eigenvalue weighted by Crippen LogP contribution is 2.20. The smallest absolute Gasteiger partial charge is 0.182 e. The van der Waals surface area contributed by atoms with Gasteiger partial charge in [-0.3, -0.25) is 0 Å². The van der Waals surface area contributed by atoms with Crippen molar-refractivity contribution in [2.45, 2.75) is 24.1 Å². The van der Waals surface area contributed by atoms with E-state index in [9.17, 15) is 12.8 Å². The molecule has 0 heterocycles. The Morgan fingerprint density at radius 3 is 2.50 bits per heavy atom. The normalized spacial score (nSPS) is 11.6. The predicted octanol–water partition coefficient (Wildman–Crippen LogP) is 2.57. The van der Waals surface area contributed by atoms with Crippen molar-refractivity contribution in [3.63, 3.8) is 0 Å². The molecule has 106 valence electrons. The molecule has 2 aromatic rings. The van der Waals surface area contributed by atoms with Crippen molar-refractivity contribution in [3.05, 3.63) is 65.0 Å². The number of rotatable bonds is 4. The summed E-state index contributed by atoms with van der Waals surface area (Å²) in [6.07, 6.45) is 0. The van der Waals surface area contributed by atoms with Crippen molar-refractivity contribution in [3.8, 4) is 0 Å². The first-order valence-corrected chi connectivity index (χ1v) is 7.84. The molecule has 2 rings (SSSR count). The second-order valence-corrected chi connectivity index (χ2v) is 6.68. The molecule has 0 aliphatic heterocycles. The largest absolute Gasteiger partial charge is 0.326 e. The first kappa shape index (κ1) is 14.7. The van der Waals surface area contributed by atoms with Crippen molar-refractivity contribution in [1.82, 2.24) is 0 Å². The van der Waals surface area contributed by atoms with Crippen molar-refractivity contribution >= 4 is 9.84 Å². The van der Waals surface area contributed by atoms with Gasteiger partial charge in [-0.05, 0) is 47.9 Å². The van der Waals surface area contributed by atoms with E-state index in [0.717, 1.165) is 5.56 Å². The van der Waals surface area contributed by atoms with Crippen LogP contribution in [0.3, 0.4) is 0 Å². The van der Waals surface area contributed by atoms with E-state index in [1.807, 2.05) is 13.0 Å². The summed E-state index contributed by atoms with van der Waals surface area (Å²) in [5.41, 5.74) is 7.48. The Morgan fingerprint density at radius 2 is 1.85 bits per heavy atom. The van der Waals surface area contributed by atoms with Gasteiger partial charge >= 0.3 is 0 Å². The molecule has 0 aliphatic rings. The fourth-order valence-corrected chi connectivity index (χ4v) is 3.52. The summed E-state index contributed by atoms with van der Waals surface area (Å²) >= 11 is 0. The number of benzene rings is 2. The lowest BCUT2D eigenvalue weighted by Crippen LogP contribution is -2.09. The summed E-state index contributed by atoms with van der Waals surface area (Å²) in [4.78, 5) is 0.240. The molecular weight excluding hydrogens is 277 g/mol. The number of aryl methyl sites for hydroxylation is 1. The molecule has 0 saturated heterocycles. The van der Waals surface area contributed by atoms with E-state index in [4.69, 9.17) is 5.73 Å². The van der Waals surface area contributed by atoms with Crippen molar-refractivity contribution < 1.29 is 12.8 Å². The lowest BCUT2D eigenvalue weighted by molar-refractivity contribution is 0.594. The van der Waals surface area contributed by atoms with E-state index in [1.165, 1.54) is 18.2 Å². The Morgan fingerprint density at radius 1 is 1.10 bits per heavy atom. The third kappa shape index (κ3) is 3.23. The first-order valence-electron chi connectivity index (χ1n) is 6.19. The van der Waals surface area contributed by atoms with Crippen LogP contribution in [0.2, 0.25) is 0 Å². The average Bonchev–Trinajstić information content (AvgIpc) is 2.38. The molecule has 0 amide bonds. The molecule has 0 saturated carbocycles. The summed E-state index contributed by atoms with van der Waals surface area (Å²) in [5, 5.41) is 0. The van der Waals surface area contributed by atoms with Crippen LogP contribution in [0.4, 0.5) is 4.39 Å². The van der Waals surface area contributed by atoms with Gasteiger partial charge in [0.1, 0.15) is 5.82 Å². The van der Waals surface area contributed by atoms with Gasteiger partial charge in [-0.25, -0.2) is 12.8 Å². The number of hydrogen-bond acceptors (Lipinski definition) is 3. The Balaban J connectivity index is 2.40. The predicted molar refractivity (Wildman–Crippen MR) is 76.4 cm³/mol. The van der Waals surface area contributed by atoms with Gasteiger partial charge in [0.25, 0.3) is 0 Å². The topological polar surface area (TPSA) is 60.2 Å². The van der Waals surface area contributed by atoms with Crippen LogP contribution in [-0.4, -0.2) is 8.42 Å². The zero-order valence-corrected chi connectivity index (χ0v) is 12.0. The van der Waals surface area contributed by atoms with Gasteiger partial charge in [0, 0.05) is 6.54 Å². The molecule has 0 bridgehead atoms. The molecule has 20 heavy (non-hydrogen) atoms. The molecule has 0 aromatic heterocycles. The Bertz CT molecular complexity index is 726. The second kappa shape index (κ2) is 5.73. The molecule has 0 radical (unpaired) electrons. The molecule has 2 N–H and O–H groups in total. The maximum atomic E-state index is 13.3. The maximum absolute atomic E-state index is 13.3. The number of hydrogen-bond donors (Lipinski definition) is 1. The van der Waals surface area contributed by atoms with Gasteiger partial charge in [0.05, 0.1) is 10.6 Å². The maximum Gasteiger partial charge on any atom is 0.182 e. The van der Waals surface area contributed by atoms with Crippen LogP contribution in [0.1, 0.15) is 16.7 Å². The van der Waals surface area contributed by atoms with Crippen LogP contribution in [-0.2, 0) is 22.1 Å². The van der Waals surface area contributed by atoms with Crippen LogP contribution < -0.4 is 5.73 Å². The quantitative estimate of drug-likeness (QED) is 0.942. The van der Waals surface area contributed by atoms with Gasteiger partial charge in [0.2, 0.25) is 0 Å².